The topological polar surface area (TPSA) is 58.6 Å². The van der Waals surface area contributed by atoms with Crippen molar-refractivity contribution >= 4 is 6.72 Å². The summed E-state index contributed by atoms with van der Waals surface area (Å²) in [6.07, 6.45) is -0.502. The highest BCUT2D eigenvalue weighted by Gasteiger charge is 1.93. The first-order valence-corrected chi connectivity index (χ1v) is 2.12. The van der Waals surface area contributed by atoms with Gasteiger partial charge < -0.3 is 10.8 Å². The molecular weight excluding hydrogens is 92.1 g/mol. The molecule has 3 nitrogen and oxygen atoms in total. The largest absolute Gasteiger partial charge is 0.390 e. The van der Waals surface area contributed by atoms with Crippen molar-refractivity contribution in [3.63, 3.8) is 0 Å². The van der Waals surface area contributed by atoms with Crippen LogP contribution in [0.2, 0.25) is 0 Å². The third kappa shape index (κ3) is 3.42. The zero-order chi connectivity index (χ0) is 5.70. The van der Waals surface area contributed by atoms with Crippen LogP contribution in [-0.4, -0.2) is 31.0 Å². The molecule has 0 aliphatic heterocycles. The summed E-state index contributed by atoms with van der Waals surface area (Å²) in [6.45, 7) is 3.79. The first-order valence-electron chi connectivity index (χ1n) is 2.12. The van der Waals surface area contributed by atoms with E-state index in [-0.39, 0.29) is 6.54 Å². The molecule has 0 aliphatic rings. The number of nitrogens with two attached hydrogens (primary N) is 1. The maximum absolute atomic E-state index is 8.60. The fraction of sp³-hybridized carbons (Fsp3) is 0.750. The average molecular weight is 102 g/mol. The summed E-state index contributed by atoms with van der Waals surface area (Å²) in [5.41, 5.74) is 5.02. The van der Waals surface area contributed by atoms with Crippen molar-refractivity contribution in [1.29, 1.82) is 0 Å². The molecule has 0 heterocycles. The highest BCUT2D eigenvalue weighted by Crippen LogP contribution is 1.75. The molecule has 0 spiro atoms. The predicted octanol–water partition coefficient (Wildman–Crippen LogP) is -0.993. The molecule has 0 rings (SSSR count). The van der Waals surface area contributed by atoms with E-state index < -0.39 is 6.10 Å². The Morgan fingerprint density at radius 2 is 2.43 bits per heavy atom. The molecule has 0 aromatic carbocycles. The molecule has 3 heteroatoms. The summed E-state index contributed by atoms with van der Waals surface area (Å²) < 4.78 is 0. The summed E-state index contributed by atoms with van der Waals surface area (Å²) >= 11 is 0. The van der Waals surface area contributed by atoms with E-state index in [1.807, 2.05) is 0 Å². The molecule has 0 bridgehead atoms. The molecule has 0 amide bonds. The lowest BCUT2D eigenvalue weighted by atomic mass is 10.4. The third-order valence-corrected chi connectivity index (χ3v) is 0.612. The molecule has 0 aromatic rings. The van der Waals surface area contributed by atoms with Gasteiger partial charge >= 0.3 is 0 Å². The van der Waals surface area contributed by atoms with Crippen LogP contribution in [0.4, 0.5) is 0 Å². The van der Waals surface area contributed by atoms with Gasteiger partial charge in [-0.25, -0.2) is 0 Å². The normalized spacial score (nSPS) is 13.4. The van der Waals surface area contributed by atoms with Gasteiger partial charge in [0.25, 0.3) is 0 Å². The van der Waals surface area contributed by atoms with Gasteiger partial charge in [-0.05, 0) is 6.72 Å². The van der Waals surface area contributed by atoms with E-state index in [4.69, 9.17) is 10.8 Å². The second-order valence-electron chi connectivity index (χ2n) is 1.30. The lowest BCUT2D eigenvalue weighted by Gasteiger charge is -1.99. The molecule has 0 aromatic heterocycles. The maximum Gasteiger partial charge on any atom is 0.0856 e. The number of hydrogen-bond acceptors (Lipinski definition) is 3. The molecule has 0 saturated carbocycles. The summed E-state index contributed by atoms with van der Waals surface area (Å²) in [6, 6.07) is 0. The minimum Gasteiger partial charge on any atom is -0.390 e. The molecule has 3 N–H and O–H groups in total. The molecule has 1 unspecified atom stereocenters. The highest BCUT2D eigenvalue weighted by atomic mass is 16.3. The molecule has 0 radical (unpaired) electrons. The standard InChI is InChI=1S/C4H10N2O/c1-6-3-4(7)2-5/h4,7H,1-3,5H2. The monoisotopic (exact) mass is 102 g/mol. The van der Waals surface area contributed by atoms with Crippen LogP contribution in [-0.2, 0) is 0 Å². The summed E-state index contributed by atoms with van der Waals surface area (Å²) in [7, 11) is 0. The van der Waals surface area contributed by atoms with E-state index in [1.54, 1.807) is 0 Å². The number of aliphatic hydroxyl groups excluding tert-OH is 1. The van der Waals surface area contributed by atoms with Crippen LogP contribution in [0.25, 0.3) is 0 Å². The Bertz CT molecular complexity index is 55.7. The van der Waals surface area contributed by atoms with E-state index in [1.165, 1.54) is 0 Å². The van der Waals surface area contributed by atoms with Crippen LogP contribution in [0, 0.1) is 0 Å². The van der Waals surface area contributed by atoms with Gasteiger partial charge in [-0.15, -0.1) is 0 Å². The van der Waals surface area contributed by atoms with Crippen molar-refractivity contribution in [2.45, 2.75) is 6.10 Å². The number of rotatable bonds is 3. The van der Waals surface area contributed by atoms with Gasteiger partial charge in [0.1, 0.15) is 0 Å². The van der Waals surface area contributed by atoms with E-state index in [0.29, 0.717) is 6.54 Å². The number of nitrogens with zero attached hydrogens (tertiary/aromatic N) is 1. The Morgan fingerprint density at radius 1 is 1.86 bits per heavy atom. The first kappa shape index (κ1) is 6.59. The summed E-state index contributed by atoms with van der Waals surface area (Å²) in [5, 5.41) is 8.60. The molecule has 0 aliphatic carbocycles. The van der Waals surface area contributed by atoms with Crippen LogP contribution < -0.4 is 5.73 Å². The minimum atomic E-state index is -0.502. The summed E-state index contributed by atoms with van der Waals surface area (Å²) in [4.78, 5) is 3.43. The van der Waals surface area contributed by atoms with Crippen molar-refractivity contribution in [1.82, 2.24) is 0 Å². The molecule has 1 atom stereocenters. The van der Waals surface area contributed by atoms with Gasteiger partial charge in [-0.1, -0.05) is 0 Å². The van der Waals surface area contributed by atoms with Gasteiger partial charge in [-0.2, -0.15) is 0 Å². The second-order valence-corrected chi connectivity index (χ2v) is 1.30. The highest BCUT2D eigenvalue weighted by molar-refractivity contribution is 5.23. The zero-order valence-electron chi connectivity index (χ0n) is 4.17. The Kier molecular flexibility index (Phi) is 3.55. The van der Waals surface area contributed by atoms with Crippen molar-refractivity contribution in [2.75, 3.05) is 13.1 Å². The number of aliphatic imine (C=N–C) groups is 1. The maximum atomic E-state index is 8.60. The second kappa shape index (κ2) is 3.77. The Balaban J connectivity index is 2.98. The fourth-order valence-electron chi connectivity index (χ4n) is 0.224. The predicted molar refractivity (Wildman–Crippen MR) is 29.5 cm³/mol. The Labute approximate surface area is 42.9 Å². The van der Waals surface area contributed by atoms with Crippen LogP contribution in [0.5, 0.6) is 0 Å². The average Bonchev–Trinajstić information content (AvgIpc) is 1.68. The van der Waals surface area contributed by atoms with Crippen molar-refractivity contribution in [3.05, 3.63) is 0 Å². The molecule has 42 valence electrons. The molecular formula is C4H10N2O. The lowest BCUT2D eigenvalue weighted by molar-refractivity contribution is 0.192. The molecule has 7 heavy (non-hydrogen) atoms. The van der Waals surface area contributed by atoms with Gasteiger partial charge in [0, 0.05) is 6.54 Å². The SMILES string of the molecule is C=NCC(O)CN. The molecule has 0 fully saturated rings. The Morgan fingerprint density at radius 3 is 2.57 bits per heavy atom. The fourth-order valence-corrected chi connectivity index (χ4v) is 0.224. The van der Waals surface area contributed by atoms with E-state index in [9.17, 15) is 0 Å². The number of aliphatic hydroxyl groups is 1. The first-order chi connectivity index (χ1) is 3.31. The quantitative estimate of drug-likeness (QED) is 0.449. The molecule has 0 saturated heterocycles. The summed E-state index contributed by atoms with van der Waals surface area (Å²) in [5.74, 6) is 0. The van der Waals surface area contributed by atoms with E-state index in [0.717, 1.165) is 0 Å². The van der Waals surface area contributed by atoms with Crippen molar-refractivity contribution in [3.8, 4) is 0 Å². The van der Waals surface area contributed by atoms with Crippen LogP contribution >= 0.6 is 0 Å². The van der Waals surface area contributed by atoms with E-state index >= 15 is 0 Å². The van der Waals surface area contributed by atoms with Gasteiger partial charge in [0.05, 0.1) is 12.6 Å². The van der Waals surface area contributed by atoms with E-state index in [2.05, 4.69) is 11.7 Å². The zero-order valence-corrected chi connectivity index (χ0v) is 4.17. The smallest absolute Gasteiger partial charge is 0.0856 e. The number of hydrogen-bond donors (Lipinski definition) is 2. The third-order valence-electron chi connectivity index (χ3n) is 0.612. The van der Waals surface area contributed by atoms with Crippen LogP contribution in [0.1, 0.15) is 0 Å². The minimum absolute atomic E-state index is 0.263. The van der Waals surface area contributed by atoms with Crippen molar-refractivity contribution < 1.29 is 5.11 Å². The van der Waals surface area contributed by atoms with Crippen molar-refractivity contribution in [2.24, 2.45) is 10.7 Å². The van der Waals surface area contributed by atoms with Crippen LogP contribution in [0.3, 0.4) is 0 Å². The lowest BCUT2D eigenvalue weighted by Crippen LogP contribution is -2.22. The van der Waals surface area contributed by atoms with Gasteiger partial charge in [-0.3, -0.25) is 4.99 Å². The Hall–Kier alpha value is -0.410. The van der Waals surface area contributed by atoms with Gasteiger partial charge in [0.2, 0.25) is 0 Å². The van der Waals surface area contributed by atoms with Crippen LogP contribution in [0.15, 0.2) is 4.99 Å². The van der Waals surface area contributed by atoms with Gasteiger partial charge in [0.15, 0.2) is 0 Å².